The van der Waals surface area contributed by atoms with Crippen LogP contribution in [0.15, 0.2) is 12.5 Å². The molecule has 22 heavy (non-hydrogen) atoms. The minimum absolute atomic E-state index is 0.192. The van der Waals surface area contributed by atoms with E-state index in [0.29, 0.717) is 11.4 Å². The molecule has 0 radical (unpaired) electrons. The maximum absolute atomic E-state index is 12.5. The van der Waals surface area contributed by atoms with Gasteiger partial charge in [-0.25, -0.2) is 0 Å². The maximum atomic E-state index is 12.5. The van der Waals surface area contributed by atoms with Crippen molar-refractivity contribution < 1.29 is 4.79 Å². The van der Waals surface area contributed by atoms with Gasteiger partial charge in [-0.3, -0.25) is 15.0 Å². The van der Waals surface area contributed by atoms with Crippen LogP contribution < -0.4 is 5.32 Å². The number of nitrogens with zero attached hydrogens (tertiary/aromatic N) is 6. The number of carbonyl (C=O) groups is 1. The Labute approximate surface area is 125 Å². The van der Waals surface area contributed by atoms with Crippen LogP contribution in [-0.2, 0) is 0 Å². The van der Waals surface area contributed by atoms with Crippen LogP contribution >= 0.6 is 0 Å². The molecule has 3 rings (SSSR count). The first-order valence-corrected chi connectivity index (χ1v) is 6.67. The van der Waals surface area contributed by atoms with Gasteiger partial charge in [0.05, 0.1) is 17.9 Å². The fourth-order valence-electron chi connectivity index (χ4n) is 2.43. The summed E-state index contributed by atoms with van der Waals surface area (Å²) in [5.74, 6) is 0.141. The average Bonchev–Trinajstić information content (AvgIpc) is 3.18. The number of hydrogen-bond donors (Lipinski definition) is 3. The van der Waals surface area contributed by atoms with Gasteiger partial charge in [-0.15, -0.1) is 5.10 Å². The Morgan fingerprint density at radius 3 is 2.82 bits per heavy atom. The van der Waals surface area contributed by atoms with Crippen molar-refractivity contribution in [1.82, 2.24) is 45.9 Å². The van der Waals surface area contributed by atoms with Gasteiger partial charge in [-0.1, -0.05) is 0 Å². The number of carbonyl (C=O) groups excluding carboxylic acids is 1. The molecular formula is C12H15N9O. The van der Waals surface area contributed by atoms with Gasteiger partial charge in [-0.05, 0) is 31.2 Å². The van der Waals surface area contributed by atoms with E-state index in [0.717, 1.165) is 17.0 Å². The summed E-state index contributed by atoms with van der Waals surface area (Å²) in [7, 11) is 0. The Hall–Kier alpha value is -3.04. The van der Waals surface area contributed by atoms with Gasteiger partial charge in [0.25, 0.3) is 5.91 Å². The molecule has 0 fully saturated rings. The second-order valence-electron chi connectivity index (χ2n) is 4.93. The topological polar surface area (TPSA) is 130 Å². The van der Waals surface area contributed by atoms with Gasteiger partial charge in [0.1, 0.15) is 11.9 Å². The van der Waals surface area contributed by atoms with E-state index in [4.69, 9.17) is 0 Å². The Kier molecular flexibility index (Phi) is 3.41. The van der Waals surface area contributed by atoms with Crippen molar-refractivity contribution in [1.29, 1.82) is 0 Å². The molecule has 3 N–H and O–H groups in total. The highest BCUT2D eigenvalue weighted by Gasteiger charge is 2.21. The molecule has 0 aliphatic rings. The van der Waals surface area contributed by atoms with Gasteiger partial charge in [0.2, 0.25) is 0 Å². The Morgan fingerprint density at radius 2 is 2.18 bits per heavy atom. The highest BCUT2D eigenvalue weighted by molar-refractivity contribution is 5.97. The summed E-state index contributed by atoms with van der Waals surface area (Å²) in [6.07, 6.45) is 2.83. The lowest BCUT2D eigenvalue weighted by Gasteiger charge is -2.14. The monoisotopic (exact) mass is 301 g/mol. The molecule has 10 heteroatoms. The van der Waals surface area contributed by atoms with Crippen molar-refractivity contribution in [2.24, 2.45) is 0 Å². The summed E-state index contributed by atoms with van der Waals surface area (Å²) in [4.78, 5) is 12.5. The molecule has 1 amide bonds. The number of rotatable bonds is 4. The SMILES string of the molecule is Cc1n[nH]c(C)c1[C@@H](C)NC(=O)c1cn[nH]c1-n1cnnn1. The molecule has 0 unspecified atom stereocenters. The van der Waals surface area contributed by atoms with E-state index in [-0.39, 0.29) is 11.9 Å². The number of aromatic amines is 2. The third-order valence-electron chi connectivity index (χ3n) is 3.41. The highest BCUT2D eigenvalue weighted by atomic mass is 16.1. The van der Waals surface area contributed by atoms with Crippen LogP contribution in [0.1, 0.15) is 40.3 Å². The number of hydrogen-bond acceptors (Lipinski definition) is 6. The summed E-state index contributed by atoms with van der Waals surface area (Å²) in [5, 5.41) is 27.4. The van der Waals surface area contributed by atoms with E-state index >= 15 is 0 Å². The maximum Gasteiger partial charge on any atom is 0.257 e. The smallest absolute Gasteiger partial charge is 0.257 e. The molecule has 0 aromatic carbocycles. The van der Waals surface area contributed by atoms with Crippen molar-refractivity contribution in [2.75, 3.05) is 0 Å². The fraction of sp³-hybridized carbons (Fsp3) is 0.333. The van der Waals surface area contributed by atoms with E-state index in [1.165, 1.54) is 17.2 Å². The molecule has 0 saturated carbocycles. The van der Waals surface area contributed by atoms with E-state index < -0.39 is 0 Å². The molecule has 0 aliphatic carbocycles. The van der Waals surface area contributed by atoms with Gasteiger partial charge in [0, 0.05) is 11.3 Å². The van der Waals surface area contributed by atoms with Gasteiger partial charge in [-0.2, -0.15) is 14.9 Å². The third-order valence-corrected chi connectivity index (χ3v) is 3.41. The zero-order valence-corrected chi connectivity index (χ0v) is 12.3. The van der Waals surface area contributed by atoms with Crippen LogP contribution in [0, 0.1) is 13.8 Å². The molecule has 3 heterocycles. The molecule has 10 nitrogen and oxygen atoms in total. The molecule has 114 valence electrons. The molecule has 0 spiro atoms. The Bertz CT molecular complexity index is 766. The molecule has 0 aliphatic heterocycles. The summed E-state index contributed by atoms with van der Waals surface area (Å²) in [6, 6.07) is -0.192. The average molecular weight is 301 g/mol. The van der Waals surface area contributed by atoms with E-state index in [1.54, 1.807) is 0 Å². The molecule has 3 aromatic heterocycles. The molecule has 0 saturated heterocycles. The minimum Gasteiger partial charge on any atom is -0.345 e. The molecule has 1 atom stereocenters. The molecular weight excluding hydrogens is 286 g/mol. The van der Waals surface area contributed by atoms with Crippen molar-refractivity contribution in [2.45, 2.75) is 26.8 Å². The van der Waals surface area contributed by atoms with Crippen molar-refractivity contribution in [3.05, 3.63) is 35.0 Å². The lowest BCUT2D eigenvalue weighted by Crippen LogP contribution is -2.28. The van der Waals surface area contributed by atoms with Gasteiger partial charge >= 0.3 is 0 Å². The number of nitrogens with one attached hydrogen (secondary N) is 3. The van der Waals surface area contributed by atoms with Crippen LogP contribution in [-0.4, -0.2) is 46.5 Å². The van der Waals surface area contributed by atoms with Crippen molar-refractivity contribution in [3.8, 4) is 5.82 Å². The standard InChI is InChI=1S/C12H15N9O/c1-6(10-7(2)16-17-8(10)3)15-12(22)9-4-13-18-11(9)21-5-14-19-20-21/h4-6H,1-3H3,(H,13,18)(H,15,22)(H,16,17)/t6-/m1/s1. The highest BCUT2D eigenvalue weighted by Crippen LogP contribution is 2.20. The quantitative estimate of drug-likeness (QED) is 0.631. The first-order chi connectivity index (χ1) is 10.6. The predicted molar refractivity (Wildman–Crippen MR) is 75.2 cm³/mol. The number of H-pyrrole nitrogens is 2. The Morgan fingerprint density at radius 1 is 1.36 bits per heavy atom. The first kappa shape index (κ1) is 13.9. The summed E-state index contributed by atoms with van der Waals surface area (Å²) in [5.41, 5.74) is 3.12. The first-order valence-electron chi connectivity index (χ1n) is 6.67. The third kappa shape index (κ3) is 2.34. The van der Waals surface area contributed by atoms with E-state index in [1.807, 2.05) is 20.8 Å². The number of aromatic nitrogens is 8. The van der Waals surface area contributed by atoms with Crippen molar-refractivity contribution >= 4 is 5.91 Å². The van der Waals surface area contributed by atoms with Crippen LogP contribution in [0.3, 0.4) is 0 Å². The van der Waals surface area contributed by atoms with Crippen molar-refractivity contribution in [3.63, 3.8) is 0 Å². The summed E-state index contributed by atoms with van der Waals surface area (Å²) >= 11 is 0. The van der Waals surface area contributed by atoms with Crippen LogP contribution in [0.4, 0.5) is 0 Å². The lowest BCUT2D eigenvalue weighted by atomic mass is 10.1. The molecule has 3 aromatic rings. The number of amides is 1. The number of aryl methyl sites for hydroxylation is 2. The summed E-state index contributed by atoms with van der Waals surface area (Å²) < 4.78 is 1.35. The normalized spacial score (nSPS) is 12.3. The predicted octanol–water partition coefficient (Wildman–Crippen LogP) is 0.216. The Balaban J connectivity index is 1.83. The van der Waals surface area contributed by atoms with Crippen LogP contribution in [0.25, 0.3) is 5.82 Å². The van der Waals surface area contributed by atoms with Gasteiger partial charge < -0.3 is 5.32 Å². The van der Waals surface area contributed by atoms with E-state index in [2.05, 4.69) is 41.2 Å². The zero-order valence-electron chi connectivity index (χ0n) is 12.3. The minimum atomic E-state index is -0.272. The molecule has 0 bridgehead atoms. The second kappa shape index (κ2) is 5.39. The lowest BCUT2D eigenvalue weighted by molar-refractivity contribution is 0.0939. The van der Waals surface area contributed by atoms with Crippen LogP contribution in [0.2, 0.25) is 0 Å². The van der Waals surface area contributed by atoms with Crippen LogP contribution in [0.5, 0.6) is 0 Å². The second-order valence-corrected chi connectivity index (χ2v) is 4.93. The fourth-order valence-corrected chi connectivity index (χ4v) is 2.43. The van der Waals surface area contributed by atoms with Gasteiger partial charge in [0.15, 0.2) is 5.82 Å². The number of tetrazole rings is 1. The van der Waals surface area contributed by atoms with E-state index in [9.17, 15) is 4.79 Å². The zero-order chi connectivity index (χ0) is 15.7. The largest absolute Gasteiger partial charge is 0.345 e. The summed E-state index contributed by atoms with van der Waals surface area (Å²) in [6.45, 7) is 5.72.